The average molecular weight is 252 g/mol. The van der Waals surface area contributed by atoms with Crippen LogP contribution in [0.1, 0.15) is 20.8 Å². The summed E-state index contributed by atoms with van der Waals surface area (Å²) in [6.45, 7) is 7.11. The largest absolute Gasteiger partial charge is 0.489 e. The fraction of sp³-hybridized carbons (Fsp3) is 0.571. The maximum Gasteiger partial charge on any atom is 0.144 e. The third-order valence-electron chi connectivity index (χ3n) is 2.39. The number of hydrogen-bond acceptors (Lipinski definition) is 4. The topological polar surface area (TPSA) is 47.7 Å². The molecule has 0 aliphatic heterocycles. The van der Waals surface area contributed by atoms with Gasteiger partial charge in [0.1, 0.15) is 12.4 Å². The first-order chi connectivity index (χ1) is 8.29. The number of anilines is 2. The molecule has 1 aromatic rings. The summed E-state index contributed by atoms with van der Waals surface area (Å²) in [7, 11) is 3.97. The Kier molecular flexibility index (Phi) is 4.84. The lowest BCUT2D eigenvalue weighted by Gasteiger charge is -2.20. The normalized spacial score (nSPS) is 11.4. The Bertz CT molecular complexity index is 384. The maximum absolute atomic E-state index is 5.87. The van der Waals surface area contributed by atoms with Gasteiger partial charge in [0, 0.05) is 25.8 Å². The molecule has 4 nitrogen and oxygen atoms in total. The highest BCUT2D eigenvalue weighted by atomic mass is 16.5. The molecule has 0 radical (unpaired) electrons. The summed E-state index contributed by atoms with van der Waals surface area (Å²) >= 11 is 0. The van der Waals surface area contributed by atoms with E-state index in [2.05, 4.69) is 0 Å². The number of nitrogens with two attached hydrogens (primary N) is 1. The van der Waals surface area contributed by atoms with Gasteiger partial charge < -0.3 is 20.1 Å². The number of nitrogens with zero attached hydrogens (tertiary/aromatic N) is 1. The van der Waals surface area contributed by atoms with Crippen LogP contribution >= 0.6 is 0 Å². The summed E-state index contributed by atoms with van der Waals surface area (Å²) in [6.07, 6.45) is 0. The Morgan fingerprint density at radius 2 is 1.83 bits per heavy atom. The lowest BCUT2D eigenvalue weighted by Crippen LogP contribution is -2.22. The zero-order chi connectivity index (χ0) is 13.8. The second-order valence-electron chi connectivity index (χ2n) is 5.43. The molecule has 4 heteroatoms. The summed E-state index contributed by atoms with van der Waals surface area (Å²) in [5, 5.41) is 0. The Morgan fingerprint density at radius 1 is 1.17 bits per heavy atom. The SMILES string of the molecule is CN(C)c1ccc(N)c(OCCOC(C)(C)C)c1. The smallest absolute Gasteiger partial charge is 0.144 e. The third kappa shape index (κ3) is 4.84. The molecule has 1 aromatic carbocycles. The van der Waals surface area contributed by atoms with Gasteiger partial charge in [0.05, 0.1) is 17.9 Å². The van der Waals surface area contributed by atoms with Gasteiger partial charge in [-0.3, -0.25) is 0 Å². The molecule has 2 N–H and O–H groups in total. The number of rotatable bonds is 5. The number of ether oxygens (including phenoxy) is 2. The minimum atomic E-state index is -0.139. The van der Waals surface area contributed by atoms with Crippen LogP contribution in [0.4, 0.5) is 11.4 Å². The number of hydrogen-bond donors (Lipinski definition) is 1. The molecule has 0 atom stereocenters. The van der Waals surface area contributed by atoms with E-state index in [1.807, 2.05) is 58.0 Å². The molecule has 0 aliphatic rings. The molecule has 0 unspecified atom stereocenters. The van der Waals surface area contributed by atoms with Crippen molar-refractivity contribution in [3.05, 3.63) is 18.2 Å². The number of nitrogen functional groups attached to an aromatic ring is 1. The van der Waals surface area contributed by atoms with Crippen LogP contribution in [0.5, 0.6) is 5.75 Å². The summed E-state index contributed by atoms with van der Waals surface area (Å²) < 4.78 is 11.2. The Morgan fingerprint density at radius 3 is 2.39 bits per heavy atom. The molecular formula is C14H24N2O2. The molecule has 0 heterocycles. The van der Waals surface area contributed by atoms with Crippen LogP contribution in [0.3, 0.4) is 0 Å². The van der Waals surface area contributed by atoms with Crippen molar-refractivity contribution in [3.8, 4) is 5.75 Å². The van der Waals surface area contributed by atoms with Crippen molar-refractivity contribution >= 4 is 11.4 Å². The zero-order valence-electron chi connectivity index (χ0n) is 12.0. The van der Waals surface area contributed by atoms with Gasteiger partial charge in [-0.2, -0.15) is 0 Å². The van der Waals surface area contributed by atoms with Crippen molar-refractivity contribution in [3.63, 3.8) is 0 Å². The highest BCUT2D eigenvalue weighted by Crippen LogP contribution is 2.26. The Labute approximate surface area is 110 Å². The van der Waals surface area contributed by atoms with Crippen molar-refractivity contribution in [1.29, 1.82) is 0 Å². The van der Waals surface area contributed by atoms with Gasteiger partial charge in [-0.15, -0.1) is 0 Å². The summed E-state index contributed by atoms with van der Waals surface area (Å²) in [5.41, 5.74) is 7.45. The maximum atomic E-state index is 5.87. The van der Waals surface area contributed by atoms with E-state index < -0.39 is 0 Å². The van der Waals surface area contributed by atoms with E-state index in [0.717, 1.165) is 5.69 Å². The molecule has 0 spiro atoms. The predicted molar refractivity (Wildman–Crippen MR) is 76.4 cm³/mol. The van der Waals surface area contributed by atoms with Crippen LogP contribution in [0, 0.1) is 0 Å². The molecule has 0 saturated carbocycles. The monoisotopic (exact) mass is 252 g/mol. The van der Waals surface area contributed by atoms with E-state index in [4.69, 9.17) is 15.2 Å². The minimum absolute atomic E-state index is 0.139. The lowest BCUT2D eigenvalue weighted by molar-refractivity contribution is -0.0162. The third-order valence-corrected chi connectivity index (χ3v) is 2.39. The lowest BCUT2D eigenvalue weighted by atomic mass is 10.2. The van der Waals surface area contributed by atoms with Crippen molar-refractivity contribution in [2.75, 3.05) is 37.9 Å². The van der Waals surface area contributed by atoms with Crippen molar-refractivity contribution < 1.29 is 9.47 Å². The van der Waals surface area contributed by atoms with E-state index in [9.17, 15) is 0 Å². The van der Waals surface area contributed by atoms with Gasteiger partial charge in [0.25, 0.3) is 0 Å². The Balaban J connectivity index is 2.54. The molecule has 0 fully saturated rings. The molecule has 18 heavy (non-hydrogen) atoms. The van der Waals surface area contributed by atoms with E-state index >= 15 is 0 Å². The fourth-order valence-electron chi connectivity index (χ4n) is 1.43. The zero-order valence-corrected chi connectivity index (χ0v) is 12.0. The first kappa shape index (κ1) is 14.6. The van der Waals surface area contributed by atoms with Crippen LogP contribution < -0.4 is 15.4 Å². The standard InChI is InChI=1S/C14H24N2O2/c1-14(2,3)18-9-8-17-13-10-11(16(4)5)6-7-12(13)15/h6-7,10H,8-9,15H2,1-5H3. The van der Waals surface area contributed by atoms with Gasteiger partial charge in [0.2, 0.25) is 0 Å². The van der Waals surface area contributed by atoms with Gasteiger partial charge in [0.15, 0.2) is 0 Å². The second kappa shape index (κ2) is 5.96. The molecular weight excluding hydrogens is 228 g/mol. The molecule has 0 aliphatic carbocycles. The van der Waals surface area contributed by atoms with Gasteiger partial charge in [-0.1, -0.05) is 0 Å². The van der Waals surface area contributed by atoms with Crippen LogP contribution in [-0.2, 0) is 4.74 Å². The van der Waals surface area contributed by atoms with Gasteiger partial charge >= 0.3 is 0 Å². The van der Waals surface area contributed by atoms with E-state index in [0.29, 0.717) is 24.7 Å². The van der Waals surface area contributed by atoms with Crippen molar-refractivity contribution in [2.45, 2.75) is 26.4 Å². The molecule has 102 valence electrons. The summed E-state index contributed by atoms with van der Waals surface area (Å²) in [6, 6.07) is 5.76. The van der Waals surface area contributed by atoms with Gasteiger partial charge in [-0.05, 0) is 32.9 Å². The van der Waals surface area contributed by atoms with E-state index in [1.165, 1.54) is 0 Å². The van der Waals surface area contributed by atoms with Crippen LogP contribution in [0.25, 0.3) is 0 Å². The van der Waals surface area contributed by atoms with Crippen molar-refractivity contribution in [2.24, 2.45) is 0 Å². The number of benzene rings is 1. The quantitative estimate of drug-likeness (QED) is 0.646. The fourth-order valence-corrected chi connectivity index (χ4v) is 1.43. The van der Waals surface area contributed by atoms with Crippen molar-refractivity contribution in [1.82, 2.24) is 0 Å². The Hall–Kier alpha value is -1.42. The summed E-state index contributed by atoms with van der Waals surface area (Å²) in [5.74, 6) is 0.707. The second-order valence-corrected chi connectivity index (χ2v) is 5.43. The van der Waals surface area contributed by atoms with E-state index in [1.54, 1.807) is 0 Å². The van der Waals surface area contributed by atoms with E-state index in [-0.39, 0.29) is 5.60 Å². The molecule has 0 saturated heterocycles. The summed E-state index contributed by atoms with van der Waals surface area (Å²) in [4.78, 5) is 2.01. The molecule has 0 aromatic heterocycles. The van der Waals surface area contributed by atoms with Gasteiger partial charge in [-0.25, -0.2) is 0 Å². The van der Waals surface area contributed by atoms with Crippen LogP contribution in [0.2, 0.25) is 0 Å². The first-order valence-electron chi connectivity index (χ1n) is 6.13. The highest BCUT2D eigenvalue weighted by Gasteiger charge is 2.10. The average Bonchev–Trinajstić information content (AvgIpc) is 2.24. The highest BCUT2D eigenvalue weighted by molar-refractivity contribution is 5.61. The molecule has 0 bridgehead atoms. The van der Waals surface area contributed by atoms with Crippen LogP contribution in [-0.4, -0.2) is 32.9 Å². The molecule has 0 amide bonds. The van der Waals surface area contributed by atoms with Crippen LogP contribution in [0.15, 0.2) is 18.2 Å². The molecule has 1 rings (SSSR count). The minimum Gasteiger partial charge on any atom is -0.489 e. The predicted octanol–water partition coefficient (Wildman–Crippen LogP) is 2.53. The first-order valence-corrected chi connectivity index (χ1v) is 6.13.